The van der Waals surface area contributed by atoms with Gasteiger partial charge in [-0.1, -0.05) is 20.8 Å². The number of rotatable bonds is 7. The third kappa shape index (κ3) is 7.12. The number of carboxylic acid groups (broad SMARTS) is 1. The van der Waals surface area contributed by atoms with Gasteiger partial charge in [0, 0.05) is 6.42 Å². The highest BCUT2D eigenvalue weighted by molar-refractivity contribution is 7.89. The molecule has 7 nitrogen and oxygen atoms in total. The largest absolute Gasteiger partial charge is 0.480 e. The third-order valence-corrected chi connectivity index (χ3v) is 3.85. The van der Waals surface area contributed by atoms with Crippen LogP contribution in [0.4, 0.5) is 0 Å². The summed E-state index contributed by atoms with van der Waals surface area (Å²) in [6.07, 6.45) is 0.0587. The Morgan fingerprint density at radius 2 is 1.84 bits per heavy atom. The lowest BCUT2D eigenvalue weighted by Crippen LogP contribution is -2.49. The second kappa shape index (κ2) is 6.85. The van der Waals surface area contributed by atoms with Gasteiger partial charge in [-0.3, -0.25) is 9.59 Å². The van der Waals surface area contributed by atoms with Crippen LogP contribution >= 0.6 is 0 Å². The lowest BCUT2D eigenvalue weighted by atomic mass is 9.88. The first-order valence-corrected chi connectivity index (χ1v) is 7.44. The lowest BCUT2D eigenvalue weighted by molar-refractivity contribution is -0.142. The average molecular weight is 295 g/mol. The molecule has 2 N–H and O–H groups in total. The number of methoxy groups -OCH3 is 1. The number of hydrogen-bond acceptors (Lipinski definition) is 5. The van der Waals surface area contributed by atoms with E-state index < -0.39 is 33.4 Å². The molecule has 1 atom stereocenters. The molecule has 0 aromatic rings. The second-order valence-electron chi connectivity index (χ2n) is 5.25. The maximum Gasteiger partial charge on any atom is 0.322 e. The summed E-state index contributed by atoms with van der Waals surface area (Å²) in [5.74, 6) is -2.05. The first kappa shape index (κ1) is 17.8. The highest BCUT2D eigenvalue weighted by Crippen LogP contribution is 2.20. The van der Waals surface area contributed by atoms with Crippen molar-refractivity contribution in [3.05, 3.63) is 0 Å². The van der Waals surface area contributed by atoms with Gasteiger partial charge in [0.2, 0.25) is 10.0 Å². The van der Waals surface area contributed by atoms with E-state index >= 15 is 0 Å². The van der Waals surface area contributed by atoms with Gasteiger partial charge < -0.3 is 9.84 Å². The minimum atomic E-state index is -3.75. The van der Waals surface area contributed by atoms with E-state index in [-0.39, 0.29) is 18.6 Å². The molecule has 19 heavy (non-hydrogen) atoms. The molecule has 0 fully saturated rings. The summed E-state index contributed by atoms with van der Waals surface area (Å²) in [7, 11) is -2.53. The fourth-order valence-corrected chi connectivity index (χ4v) is 2.80. The molecule has 0 saturated carbocycles. The smallest absolute Gasteiger partial charge is 0.322 e. The second-order valence-corrected chi connectivity index (χ2v) is 7.13. The Morgan fingerprint density at radius 3 is 2.21 bits per heavy atom. The minimum absolute atomic E-state index is 0.0231. The van der Waals surface area contributed by atoms with Gasteiger partial charge in [-0.15, -0.1) is 0 Å². The van der Waals surface area contributed by atoms with Crippen LogP contribution in [0.25, 0.3) is 0 Å². The van der Waals surface area contributed by atoms with Crippen molar-refractivity contribution < 1.29 is 27.9 Å². The number of nitrogens with one attached hydrogen (secondary N) is 1. The number of sulfonamides is 1. The molecule has 0 heterocycles. The summed E-state index contributed by atoms with van der Waals surface area (Å²) >= 11 is 0. The van der Waals surface area contributed by atoms with Crippen molar-refractivity contribution in [2.75, 3.05) is 12.9 Å². The van der Waals surface area contributed by atoms with Crippen LogP contribution < -0.4 is 4.72 Å². The number of carboxylic acids is 1. The molecule has 112 valence electrons. The Hall–Kier alpha value is -1.15. The average Bonchev–Trinajstić information content (AvgIpc) is 2.23. The Bertz CT molecular complexity index is 423. The molecule has 0 radical (unpaired) electrons. The van der Waals surface area contributed by atoms with Crippen LogP contribution in [0.5, 0.6) is 0 Å². The van der Waals surface area contributed by atoms with Crippen LogP contribution in [-0.2, 0) is 24.3 Å². The zero-order valence-electron chi connectivity index (χ0n) is 11.6. The maximum absolute atomic E-state index is 11.7. The van der Waals surface area contributed by atoms with Crippen molar-refractivity contribution in [1.82, 2.24) is 4.72 Å². The number of aliphatic carboxylic acids is 1. The van der Waals surface area contributed by atoms with Gasteiger partial charge in [-0.05, 0) is 11.8 Å². The summed E-state index contributed by atoms with van der Waals surface area (Å²) in [6, 6.07) is -1.21. The SMILES string of the molecule is COC(=O)CCCS(=O)(=O)NC(C(=O)O)C(C)(C)C. The molecule has 0 aliphatic heterocycles. The molecule has 0 amide bonds. The van der Waals surface area contributed by atoms with Crippen LogP contribution in [0.1, 0.15) is 33.6 Å². The first-order chi connectivity index (χ1) is 8.49. The van der Waals surface area contributed by atoms with E-state index in [4.69, 9.17) is 5.11 Å². The molecular formula is C11H21NO6S. The van der Waals surface area contributed by atoms with Crippen molar-refractivity contribution in [2.45, 2.75) is 39.7 Å². The summed E-state index contributed by atoms with van der Waals surface area (Å²) in [6.45, 7) is 4.88. The molecule has 8 heteroatoms. The van der Waals surface area contributed by atoms with Crippen molar-refractivity contribution >= 4 is 22.0 Å². The molecule has 0 spiro atoms. The van der Waals surface area contributed by atoms with Gasteiger partial charge in [0.15, 0.2) is 0 Å². The highest BCUT2D eigenvalue weighted by Gasteiger charge is 2.34. The van der Waals surface area contributed by atoms with Crippen molar-refractivity contribution in [3.8, 4) is 0 Å². The van der Waals surface area contributed by atoms with Crippen molar-refractivity contribution in [3.63, 3.8) is 0 Å². The standard InChI is InChI=1S/C11H21NO6S/c1-11(2,3)9(10(14)15)12-19(16,17)7-5-6-8(13)18-4/h9,12H,5-7H2,1-4H3,(H,14,15). The van der Waals surface area contributed by atoms with Crippen molar-refractivity contribution in [1.29, 1.82) is 0 Å². The van der Waals surface area contributed by atoms with Crippen LogP contribution in [0.3, 0.4) is 0 Å². The molecular weight excluding hydrogens is 274 g/mol. The fraction of sp³-hybridized carbons (Fsp3) is 0.818. The van der Waals surface area contributed by atoms with E-state index in [0.717, 1.165) is 0 Å². The van der Waals surface area contributed by atoms with E-state index in [1.807, 2.05) is 0 Å². The minimum Gasteiger partial charge on any atom is -0.480 e. The summed E-state index contributed by atoms with van der Waals surface area (Å²) in [5.41, 5.74) is -0.749. The Balaban J connectivity index is 4.58. The summed E-state index contributed by atoms with van der Waals surface area (Å²) < 4.78 is 30.0. The van der Waals surface area contributed by atoms with Gasteiger partial charge in [0.1, 0.15) is 6.04 Å². The van der Waals surface area contributed by atoms with E-state index in [9.17, 15) is 18.0 Å². The molecule has 0 saturated heterocycles. The van der Waals surface area contributed by atoms with Gasteiger partial charge in [-0.25, -0.2) is 13.1 Å². The molecule has 0 aromatic carbocycles. The van der Waals surface area contributed by atoms with E-state index in [1.165, 1.54) is 7.11 Å². The first-order valence-electron chi connectivity index (χ1n) is 5.79. The molecule has 0 aliphatic carbocycles. The number of ether oxygens (including phenoxy) is 1. The van der Waals surface area contributed by atoms with E-state index in [0.29, 0.717) is 0 Å². The zero-order valence-corrected chi connectivity index (χ0v) is 12.4. The Labute approximate surface area is 113 Å². The topological polar surface area (TPSA) is 110 Å². The normalized spacial score (nSPS) is 13.9. The Kier molecular flexibility index (Phi) is 6.44. The number of esters is 1. The summed E-state index contributed by atoms with van der Waals surface area (Å²) in [5, 5.41) is 9.02. The van der Waals surface area contributed by atoms with Crippen LogP contribution in [0.15, 0.2) is 0 Å². The predicted molar refractivity (Wildman–Crippen MR) is 69.1 cm³/mol. The molecule has 0 rings (SSSR count). The Morgan fingerprint density at radius 1 is 1.32 bits per heavy atom. The zero-order chi connectivity index (χ0) is 15.3. The number of hydrogen-bond donors (Lipinski definition) is 2. The number of carbonyl (C=O) groups is 2. The predicted octanol–water partition coefficient (Wildman–Crippen LogP) is 0.358. The van der Waals surface area contributed by atoms with Crippen LogP contribution in [0, 0.1) is 5.41 Å². The summed E-state index contributed by atoms with van der Waals surface area (Å²) in [4.78, 5) is 21.9. The van der Waals surface area contributed by atoms with Gasteiger partial charge in [0.05, 0.1) is 12.9 Å². The quantitative estimate of drug-likeness (QED) is 0.656. The van der Waals surface area contributed by atoms with Gasteiger partial charge in [-0.2, -0.15) is 0 Å². The van der Waals surface area contributed by atoms with E-state index in [2.05, 4.69) is 9.46 Å². The monoisotopic (exact) mass is 295 g/mol. The van der Waals surface area contributed by atoms with Gasteiger partial charge in [0.25, 0.3) is 0 Å². The third-order valence-electron chi connectivity index (χ3n) is 2.43. The highest BCUT2D eigenvalue weighted by atomic mass is 32.2. The molecule has 0 aromatic heterocycles. The maximum atomic E-state index is 11.7. The van der Waals surface area contributed by atoms with Crippen LogP contribution in [0.2, 0.25) is 0 Å². The van der Waals surface area contributed by atoms with Gasteiger partial charge >= 0.3 is 11.9 Å². The van der Waals surface area contributed by atoms with E-state index in [1.54, 1.807) is 20.8 Å². The number of carbonyl (C=O) groups excluding carboxylic acids is 1. The van der Waals surface area contributed by atoms with Crippen molar-refractivity contribution in [2.24, 2.45) is 5.41 Å². The molecule has 0 bridgehead atoms. The molecule has 0 aliphatic rings. The fourth-order valence-electron chi connectivity index (χ4n) is 1.34. The van der Waals surface area contributed by atoms with Crippen LogP contribution in [-0.4, -0.2) is 44.4 Å². The lowest BCUT2D eigenvalue weighted by Gasteiger charge is -2.27. The molecule has 1 unspecified atom stereocenters.